The second kappa shape index (κ2) is 6.76. The summed E-state index contributed by atoms with van der Waals surface area (Å²) in [5, 5.41) is 9.43. The number of rotatable bonds is 3. The minimum Gasteiger partial charge on any atom is -0.353 e. The Balaban J connectivity index is 1.69. The molecule has 0 N–H and O–H groups in total. The Kier molecular flexibility index (Phi) is 4.54. The van der Waals surface area contributed by atoms with E-state index in [1.54, 1.807) is 6.20 Å². The van der Waals surface area contributed by atoms with Gasteiger partial charge in [-0.2, -0.15) is 5.26 Å². The quantitative estimate of drug-likeness (QED) is 0.871. The summed E-state index contributed by atoms with van der Waals surface area (Å²) in [4.78, 5) is 13.4. The van der Waals surface area contributed by atoms with E-state index in [1.807, 2.05) is 32.2 Å². The summed E-state index contributed by atoms with van der Waals surface area (Å²) in [5.74, 6) is 0.839. The van der Waals surface area contributed by atoms with Crippen LogP contribution in [0, 0.1) is 25.2 Å². The molecule has 2 aromatic rings. The predicted molar refractivity (Wildman–Crippen MR) is 90.2 cm³/mol. The van der Waals surface area contributed by atoms with Crippen molar-refractivity contribution in [1.82, 2.24) is 14.9 Å². The van der Waals surface area contributed by atoms with Gasteiger partial charge in [-0.25, -0.2) is 4.98 Å². The zero-order chi connectivity index (χ0) is 16.2. The molecule has 23 heavy (non-hydrogen) atoms. The van der Waals surface area contributed by atoms with E-state index in [0.717, 1.165) is 49.8 Å². The molecular weight excluding hydrogens is 286 g/mol. The van der Waals surface area contributed by atoms with Crippen LogP contribution in [0.5, 0.6) is 0 Å². The van der Waals surface area contributed by atoms with Gasteiger partial charge in [-0.3, -0.25) is 9.88 Å². The molecule has 1 aliphatic rings. The molecule has 0 amide bonds. The first-order chi connectivity index (χ1) is 11.2. The molecule has 0 spiro atoms. The highest BCUT2D eigenvalue weighted by molar-refractivity contribution is 5.58. The van der Waals surface area contributed by atoms with Crippen LogP contribution in [0.4, 0.5) is 5.82 Å². The van der Waals surface area contributed by atoms with Gasteiger partial charge in [0.05, 0.1) is 5.56 Å². The summed E-state index contributed by atoms with van der Waals surface area (Å²) >= 11 is 0. The van der Waals surface area contributed by atoms with Crippen LogP contribution in [0.2, 0.25) is 0 Å². The van der Waals surface area contributed by atoms with E-state index >= 15 is 0 Å². The fraction of sp³-hybridized carbons (Fsp3) is 0.389. The number of nitrogens with zero attached hydrogens (tertiary/aromatic N) is 5. The molecule has 0 saturated carbocycles. The average molecular weight is 307 g/mol. The van der Waals surface area contributed by atoms with Crippen LogP contribution in [0.15, 0.2) is 30.6 Å². The number of aromatic nitrogens is 2. The van der Waals surface area contributed by atoms with E-state index in [2.05, 4.69) is 31.9 Å². The highest BCUT2D eigenvalue weighted by Crippen LogP contribution is 2.23. The Bertz CT molecular complexity index is 712. The van der Waals surface area contributed by atoms with Gasteiger partial charge in [-0.15, -0.1) is 0 Å². The number of hydrogen-bond donors (Lipinski definition) is 0. The van der Waals surface area contributed by atoms with Crippen molar-refractivity contribution < 1.29 is 0 Å². The van der Waals surface area contributed by atoms with Crippen molar-refractivity contribution in [3.05, 3.63) is 53.0 Å². The second-order valence-corrected chi connectivity index (χ2v) is 6.02. The van der Waals surface area contributed by atoms with Gasteiger partial charge in [0.2, 0.25) is 0 Å². The Morgan fingerprint density at radius 1 is 1.22 bits per heavy atom. The SMILES string of the molecule is Cc1cc(C)c(C#N)c(N2CCN(Cc3cccnc3)CC2)n1. The van der Waals surface area contributed by atoms with Crippen molar-refractivity contribution in [2.75, 3.05) is 31.1 Å². The Morgan fingerprint density at radius 2 is 2.00 bits per heavy atom. The highest BCUT2D eigenvalue weighted by Gasteiger charge is 2.21. The van der Waals surface area contributed by atoms with Gasteiger partial charge >= 0.3 is 0 Å². The third-order valence-corrected chi connectivity index (χ3v) is 4.24. The van der Waals surface area contributed by atoms with Crippen LogP contribution in [0.1, 0.15) is 22.4 Å². The van der Waals surface area contributed by atoms with E-state index in [4.69, 9.17) is 0 Å². The predicted octanol–water partition coefficient (Wildman–Crippen LogP) is 2.29. The molecule has 0 radical (unpaired) electrons. The lowest BCUT2D eigenvalue weighted by Crippen LogP contribution is -2.46. The minimum absolute atomic E-state index is 0.705. The molecule has 0 aromatic carbocycles. The van der Waals surface area contributed by atoms with Gasteiger partial charge < -0.3 is 4.90 Å². The summed E-state index contributed by atoms with van der Waals surface area (Å²) in [6, 6.07) is 8.37. The molecule has 0 unspecified atom stereocenters. The van der Waals surface area contributed by atoms with Gasteiger partial charge in [0.15, 0.2) is 0 Å². The zero-order valence-electron chi connectivity index (χ0n) is 13.7. The van der Waals surface area contributed by atoms with Crippen LogP contribution in [-0.2, 0) is 6.54 Å². The van der Waals surface area contributed by atoms with Crippen molar-refractivity contribution >= 4 is 5.82 Å². The first-order valence-corrected chi connectivity index (χ1v) is 7.92. The van der Waals surface area contributed by atoms with E-state index in [1.165, 1.54) is 5.56 Å². The number of piperazine rings is 1. The fourth-order valence-corrected chi connectivity index (χ4v) is 3.05. The van der Waals surface area contributed by atoms with E-state index in [9.17, 15) is 5.26 Å². The molecule has 0 bridgehead atoms. The lowest BCUT2D eigenvalue weighted by atomic mass is 10.1. The maximum atomic E-state index is 9.43. The normalized spacial score (nSPS) is 15.4. The largest absolute Gasteiger partial charge is 0.353 e. The lowest BCUT2D eigenvalue weighted by Gasteiger charge is -2.36. The molecule has 118 valence electrons. The van der Waals surface area contributed by atoms with Gasteiger partial charge in [0.25, 0.3) is 0 Å². The maximum Gasteiger partial charge on any atom is 0.147 e. The molecule has 2 aromatic heterocycles. The number of aryl methyl sites for hydroxylation is 2. The number of anilines is 1. The molecule has 5 heteroatoms. The second-order valence-electron chi connectivity index (χ2n) is 6.02. The average Bonchev–Trinajstić information content (AvgIpc) is 2.56. The molecule has 1 saturated heterocycles. The topological polar surface area (TPSA) is 56.1 Å². The molecule has 0 atom stereocenters. The molecular formula is C18H21N5. The summed E-state index contributed by atoms with van der Waals surface area (Å²) in [7, 11) is 0. The third-order valence-electron chi connectivity index (χ3n) is 4.24. The van der Waals surface area contributed by atoms with Crippen molar-refractivity contribution in [1.29, 1.82) is 5.26 Å². The number of nitriles is 1. The number of pyridine rings is 2. The first kappa shape index (κ1) is 15.4. The molecule has 0 aliphatic carbocycles. The fourth-order valence-electron chi connectivity index (χ4n) is 3.05. The van der Waals surface area contributed by atoms with E-state index in [0.29, 0.717) is 5.56 Å². The van der Waals surface area contributed by atoms with Gasteiger partial charge in [-0.05, 0) is 37.1 Å². The molecule has 3 heterocycles. The zero-order valence-corrected chi connectivity index (χ0v) is 13.7. The standard InChI is InChI=1S/C18H21N5/c1-14-10-15(2)21-18(17(14)11-19)23-8-6-22(7-9-23)13-16-4-3-5-20-12-16/h3-5,10,12H,6-9,13H2,1-2H3. The third kappa shape index (κ3) is 3.49. The monoisotopic (exact) mass is 307 g/mol. The maximum absolute atomic E-state index is 9.43. The lowest BCUT2D eigenvalue weighted by molar-refractivity contribution is 0.249. The summed E-state index contributed by atoms with van der Waals surface area (Å²) in [5.41, 5.74) is 3.92. The Labute approximate surface area is 137 Å². The van der Waals surface area contributed by atoms with Crippen molar-refractivity contribution in [3.8, 4) is 6.07 Å². The van der Waals surface area contributed by atoms with Crippen LogP contribution in [0.25, 0.3) is 0 Å². The summed E-state index contributed by atoms with van der Waals surface area (Å²) in [6.45, 7) is 8.61. The van der Waals surface area contributed by atoms with Crippen LogP contribution >= 0.6 is 0 Å². The highest BCUT2D eigenvalue weighted by atomic mass is 15.3. The Morgan fingerprint density at radius 3 is 2.65 bits per heavy atom. The van der Waals surface area contributed by atoms with Crippen molar-refractivity contribution in [2.45, 2.75) is 20.4 Å². The van der Waals surface area contributed by atoms with Crippen molar-refractivity contribution in [2.24, 2.45) is 0 Å². The van der Waals surface area contributed by atoms with Gasteiger partial charge in [0.1, 0.15) is 11.9 Å². The smallest absolute Gasteiger partial charge is 0.147 e. The molecule has 1 aliphatic heterocycles. The van der Waals surface area contributed by atoms with Crippen LogP contribution < -0.4 is 4.90 Å². The van der Waals surface area contributed by atoms with Gasteiger partial charge in [0, 0.05) is 50.8 Å². The summed E-state index contributed by atoms with van der Waals surface area (Å²) in [6.07, 6.45) is 3.72. The molecule has 3 rings (SSSR count). The minimum atomic E-state index is 0.705. The van der Waals surface area contributed by atoms with Crippen LogP contribution in [0.3, 0.4) is 0 Å². The van der Waals surface area contributed by atoms with Crippen LogP contribution in [-0.4, -0.2) is 41.0 Å². The molecule has 1 fully saturated rings. The van der Waals surface area contributed by atoms with E-state index < -0.39 is 0 Å². The van der Waals surface area contributed by atoms with Gasteiger partial charge in [-0.1, -0.05) is 6.07 Å². The Hall–Kier alpha value is -2.45. The first-order valence-electron chi connectivity index (χ1n) is 7.92. The van der Waals surface area contributed by atoms with Crippen molar-refractivity contribution in [3.63, 3.8) is 0 Å². The number of hydrogen-bond acceptors (Lipinski definition) is 5. The molecule has 5 nitrogen and oxygen atoms in total. The summed E-state index contributed by atoms with van der Waals surface area (Å²) < 4.78 is 0. The van der Waals surface area contributed by atoms with E-state index in [-0.39, 0.29) is 0 Å².